The van der Waals surface area contributed by atoms with E-state index >= 15 is 0 Å². The first-order chi connectivity index (χ1) is 10.2. The fraction of sp³-hybridized carbons (Fsp3) is 0.562. The fourth-order valence-electron chi connectivity index (χ4n) is 2.26. The first-order valence-corrected chi connectivity index (χ1v) is 7.30. The second kappa shape index (κ2) is 6.50. The van der Waals surface area contributed by atoms with Crippen molar-refractivity contribution in [3.05, 3.63) is 29.8 Å². The van der Waals surface area contributed by atoms with Gasteiger partial charge in [-0.25, -0.2) is 13.6 Å². The van der Waals surface area contributed by atoms with Crippen LogP contribution in [0.5, 0.6) is 5.75 Å². The maximum atomic E-state index is 13.5. The third kappa shape index (κ3) is 4.58. The van der Waals surface area contributed by atoms with Gasteiger partial charge in [-0.3, -0.25) is 0 Å². The molecular weight excluding hydrogens is 292 g/mol. The molecule has 6 heteroatoms. The molecule has 1 aromatic carbocycles. The number of likely N-dealkylation sites (tertiary alicyclic amines) is 1. The van der Waals surface area contributed by atoms with Crippen molar-refractivity contribution in [2.24, 2.45) is 5.92 Å². The van der Waals surface area contributed by atoms with Gasteiger partial charge in [0.25, 0.3) is 0 Å². The van der Waals surface area contributed by atoms with Gasteiger partial charge < -0.3 is 14.4 Å². The van der Waals surface area contributed by atoms with Gasteiger partial charge in [-0.1, -0.05) is 0 Å². The van der Waals surface area contributed by atoms with Crippen LogP contribution in [0.4, 0.5) is 13.6 Å². The average molecular weight is 313 g/mol. The van der Waals surface area contributed by atoms with Crippen LogP contribution >= 0.6 is 0 Å². The maximum Gasteiger partial charge on any atom is 0.410 e. The normalized spacial score (nSPS) is 18.4. The molecule has 0 saturated carbocycles. The summed E-state index contributed by atoms with van der Waals surface area (Å²) in [6.45, 7) is 6.75. The van der Waals surface area contributed by atoms with E-state index in [0.29, 0.717) is 13.1 Å². The van der Waals surface area contributed by atoms with Gasteiger partial charge in [0, 0.05) is 25.1 Å². The molecule has 122 valence electrons. The molecule has 1 heterocycles. The van der Waals surface area contributed by atoms with Crippen LogP contribution in [-0.4, -0.2) is 36.3 Å². The Balaban J connectivity index is 1.84. The van der Waals surface area contributed by atoms with E-state index in [-0.39, 0.29) is 24.4 Å². The molecule has 1 aromatic rings. The number of carbonyl (C=O) groups is 1. The van der Waals surface area contributed by atoms with Crippen molar-refractivity contribution in [1.82, 2.24) is 4.90 Å². The van der Waals surface area contributed by atoms with Gasteiger partial charge in [0.2, 0.25) is 0 Å². The summed E-state index contributed by atoms with van der Waals surface area (Å²) in [5.41, 5.74) is -0.531. The molecule has 1 fully saturated rings. The molecule has 1 saturated heterocycles. The zero-order valence-corrected chi connectivity index (χ0v) is 13.1. The lowest BCUT2D eigenvalue weighted by Crippen LogP contribution is -2.35. The molecule has 1 amide bonds. The fourth-order valence-corrected chi connectivity index (χ4v) is 2.26. The number of hydrogen-bond donors (Lipinski definition) is 0. The molecule has 0 N–H and O–H groups in total. The van der Waals surface area contributed by atoms with Crippen LogP contribution in [-0.2, 0) is 4.74 Å². The molecule has 0 bridgehead atoms. The van der Waals surface area contributed by atoms with Crippen molar-refractivity contribution >= 4 is 6.09 Å². The number of carbonyl (C=O) groups excluding carboxylic acids is 1. The predicted octanol–water partition coefficient (Wildman–Crippen LogP) is 3.60. The number of hydrogen-bond acceptors (Lipinski definition) is 3. The molecule has 0 aromatic heterocycles. The summed E-state index contributed by atoms with van der Waals surface area (Å²) in [6, 6.07) is 3.10. The van der Waals surface area contributed by atoms with Crippen LogP contribution < -0.4 is 4.74 Å². The quantitative estimate of drug-likeness (QED) is 0.856. The minimum absolute atomic E-state index is 0.0789. The zero-order chi connectivity index (χ0) is 16.3. The smallest absolute Gasteiger partial charge is 0.410 e. The Bertz CT molecular complexity index is 543. The molecule has 1 unspecified atom stereocenters. The first-order valence-electron chi connectivity index (χ1n) is 7.30. The highest BCUT2D eigenvalue weighted by Gasteiger charge is 2.30. The molecule has 1 aliphatic rings. The van der Waals surface area contributed by atoms with Crippen molar-refractivity contribution in [2.45, 2.75) is 32.8 Å². The van der Waals surface area contributed by atoms with Gasteiger partial charge in [0.1, 0.15) is 11.4 Å². The largest absolute Gasteiger partial charge is 0.490 e. The number of benzene rings is 1. The second-order valence-corrected chi connectivity index (χ2v) is 6.47. The maximum absolute atomic E-state index is 13.5. The molecule has 1 atom stereocenters. The predicted molar refractivity (Wildman–Crippen MR) is 77.8 cm³/mol. The molecule has 0 radical (unpaired) electrons. The van der Waals surface area contributed by atoms with Crippen LogP contribution in [0.1, 0.15) is 27.2 Å². The number of rotatable bonds is 3. The van der Waals surface area contributed by atoms with E-state index in [4.69, 9.17) is 9.47 Å². The monoisotopic (exact) mass is 313 g/mol. The lowest BCUT2D eigenvalue weighted by molar-refractivity contribution is 0.0284. The number of amides is 1. The number of nitrogens with zero attached hydrogens (tertiary/aromatic N) is 1. The van der Waals surface area contributed by atoms with Crippen LogP contribution in [0.25, 0.3) is 0 Å². The van der Waals surface area contributed by atoms with E-state index in [1.807, 2.05) is 20.8 Å². The minimum atomic E-state index is -0.594. The van der Waals surface area contributed by atoms with Crippen molar-refractivity contribution in [3.8, 4) is 5.75 Å². The molecule has 0 aliphatic carbocycles. The Hall–Kier alpha value is -1.85. The highest BCUT2D eigenvalue weighted by Crippen LogP contribution is 2.23. The molecule has 1 aliphatic heterocycles. The summed E-state index contributed by atoms with van der Waals surface area (Å²) >= 11 is 0. The van der Waals surface area contributed by atoms with E-state index in [2.05, 4.69) is 0 Å². The Morgan fingerprint density at radius 3 is 2.77 bits per heavy atom. The topological polar surface area (TPSA) is 38.8 Å². The van der Waals surface area contributed by atoms with Crippen molar-refractivity contribution in [2.75, 3.05) is 19.7 Å². The van der Waals surface area contributed by atoms with E-state index in [1.54, 1.807) is 4.90 Å². The third-order valence-corrected chi connectivity index (χ3v) is 3.31. The Labute approximate surface area is 129 Å². The summed E-state index contributed by atoms with van der Waals surface area (Å²) < 4.78 is 37.2. The summed E-state index contributed by atoms with van der Waals surface area (Å²) in [5.74, 6) is -1.16. The second-order valence-electron chi connectivity index (χ2n) is 6.47. The van der Waals surface area contributed by atoms with Crippen molar-refractivity contribution in [3.63, 3.8) is 0 Å². The Morgan fingerprint density at radius 2 is 2.09 bits per heavy atom. The van der Waals surface area contributed by atoms with E-state index < -0.39 is 17.2 Å². The third-order valence-electron chi connectivity index (χ3n) is 3.31. The van der Waals surface area contributed by atoms with Gasteiger partial charge in [-0.2, -0.15) is 0 Å². The van der Waals surface area contributed by atoms with Gasteiger partial charge in [-0.05, 0) is 39.3 Å². The van der Waals surface area contributed by atoms with Crippen LogP contribution in [0, 0.1) is 17.6 Å². The lowest BCUT2D eigenvalue weighted by atomic mass is 10.1. The molecule has 2 rings (SSSR count). The minimum Gasteiger partial charge on any atom is -0.490 e. The van der Waals surface area contributed by atoms with Gasteiger partial charge in [0.05, 0.1) is 6.61 Å². The van der Waals surface area contributed by atoms with Crippen molar-refractivity contribution < 1.29 is 23.0 Å². The molecule has 4 nitrogen and oxygen atoms in total. The lowest BCUT2D eigenvalue weighted by Gasteiger charge is -2.24. The summed E-state index contributed by atoms with van der Waals surface area (Å²) in [4.78, 5) is 13.5. The Morgan fingerprint density at radius 1 is 1.36 bits per heavy atom. The highest BCUT2D eigenvalue weighted by molar-refractivity contribution is 5.68. The Kier molecular flexibility index (Phi) is 4.88. The number of halogens is 2. The van der Waals surface area contributed by atoms with Gasteiger partial charge in [0.15, 0.2) is 11.6 Å². The van der Waals surface area contributed by atoms with Crippen molar-refractivity contribution in [1.29, 1.82) is 0 Å². The summed E-state index contributed by atoms with van der Waals surface area (Å²) in [6.07, 6.45) is 0.392. The van der Waals surface area contributed by atoms with Crippen LogP contribution in [0.15, 0.2) is 18.2 Å². The zero-order valence-electron chi connectivity index (χ0n) is 13.1. The van der Waals surface area contributed by atoms with E-state index in [9.17, 15) is 13.6 Å². The SMILES string of the molecule is CC(C)(C)OC(=O)N1CCC(COc2cc(F)ccc2F)C1. The summed E-state index contributed by atoms with van der Waals surface area (Å²) in [5, 5.41) is 0. The van der Waals surface area contributed by atoms with E-state index in [1.165, 1.54) is 0 Å². The highest BCUT2D eigenvalue weighted by atomic mass is 19.1. The van der Waals surface area contributed by atoms with E-state index in [0.717, 1.165) is 24.6 Å². The van der Waals surface area contributed by atoms with Gasteiger partial charge in [-0.15, -0.1) is 0 Å². The first kappa shape index (κ1) is 16.5. The summed E-state index contributed by atoms with van der Waals surface area (Å²) in [7, 11) is 0. The molecular formula is C16H21F2NO3. The van der Waals surface area contributed by atoms with Gasteiger partial charge >= 0.3 is 6.09 Å². The van der Waals surface area contributed by atoms with Crippen LogP contribution in [0.3, 0.4) is 0 Å². The molecule has 0 spiro atoms. The number of ether oxygens (including phenoxy) is 2. The van der Waals surface area contributed by atoms with Crippen LogP contribution in [0.2, 0.25) is 0 Å². The molecule has 22 heavy (non-hydrogen) atoms. The standard InChI is InChI=1S/C16H21F2NO3/c1-16(2,3)22-15(20)19-7-6-11(9-19)10-21-14-8-12(17)4-5-13(14)18/h4-5,8,11H,6-7,9-10H2,1-3H3. The average Bonchev–Trinajstić information content (AvgIpc) is 2.87.